The predicted octanol–water partition coefficient (Wildman–Crippen LogP) is 2.96. The van der Waals surface area contributed by atoms with Crippen LogP contribution in [0.5, 0.6) is 11.6 Å². The zero-order valence-electron chi connectivity index (χ0n) is 16.1. The predicted molar refractivity (Wildman–Crippen MR) is 108 cm³/mol. The van der Waals surface area contributed by atoms with Crippen molar-refractivity contribution in [1.29, 1.82) is 0 Å². The SMILES string of the molecule is CN=C(NCc1cccc(OC)n1)N1CC=C(c2cccc(OC)c2)CC1. The van der Waals surface area contributed by atoms with Crippen LogP contribution in [0.2, 0.25) is 0 Å². The van der Waals surface area contributed by atoms with Crippen molar-refractivity contribution in [2.45, 2.75) is 13.0 Å². The molecule has 0 aliphatic carbocycles. The van der Waals surface area contributed by atoms with Gasteiger partial charge >= 0.3 is 0 Å². The van der Waals surface area contributed by atoms with E-state index in [0.29, 0.717) is 12.4 Å². The lowest BCUT2D eigenvalue weighted by atomic mass is 9.99. The lowest BCUT2D eigenvalue weighted by Crippen LogP contribution is -2.43. The van der Waals surface area contributed by atoms with E-state index in [-0.39, 0.29) is 0 Å². The lowest BCUT2D eigenvalue weighted by Gasteiger charge is -2.29. The maximum atomic E-state index is 5.33. The van der Waals surface area contributed by atoms with Crippen LogP contribution >= 0.6 is 0 Å². The fourth-order valence-electron chi connectivity index (χ4n) is 3.12. The Balaban J connectivity index is 1.61. The molecule has 0 radical (unpaired) electrons. The Hall–Kier alpha value is -3.02. The molecule has 0 amide bonds. The third-order valence-corrected chi connectivity index (χ3v) is 4.58. The summed E-state index contributed by atoms with van der Waals surface area (Å²) in [5, 5.41) is 3.39. The Morgan fingerprint density at radius 1 is 1.19 bits per heavy atom. The maximum Gasteiger partial charge on any atom is 0.213 e. The van der Waals surface area contributed by atoms with E-state index in [4.69, 9.17) is 9.47 Å². The van der Waals surface area contributed by atoms with Gasteiger partial charge in [-0.1, -0.05) is 24.3 Å². The van der Waals surface area contributed by atoms with Crippen molar-refractivity contribution >= 4 is 11.5 Å². The molecule has 0 bridgehead atoms. The molecule has 1 aliphatic heterocycles. The molecule has 0 fully saturated rings. The van der Waals surface area contributed by atoms with Gasteiger partial charge in [-0.05, 0) is 35.8 Å². The van der Waals surface area contributed by atoms with Crippen LogP contribution in [0.3, 0.4) is 0 Å². The number of methoxy groups -OCH3 is 2. The molecule has 6 nitrogen and oxygen atoms in total. The highest BCUT2D eigenvalue weighted by Crippen LogP contribution is 2.25. The summed E-state index contributed by atoms with van der Waals surface area (Å²) in [6.07, 6.45) is 3.22. The largest absolute Gasteiger partial charge is 0.497 e. The van der Waals surface area contributed by atoms with Crippen LogP contribution in [-0.4, -0.2) is 50.2 Å². The highest BCUT2D eigenvalue weighted by Gasteiger charge is 2.16. The smallest absolute Gasteiger partial charge is 0.213 e. The molecule has 3 rings (SSSR count). The number of pyridine rings is 1. The highest BCUT2D eigenvalue weighted by molar-refractivity contribution is 5.81. The third-order valence-electron chi connectivity index (χ3n) is 4.58. The number of aliphatic imine (C=N–C) groups is 1. The number of hydrogen-bond acceptors (Lipinski definition) is 4. The van der Waals surface area contributed by atoms with Crippen molar-refractivity contribution in [2.24, 2.45) is 4.99 Å². The molecule has 142 valence electrons. The number of hydrogen-bond donors (Lipinski definition) is 1. The fraction of sp³-hybridized carbons (Fsp3) is 0.333. The summed E-state index contributed by atoms with van der Waals surface area (Å²) >= 11 is 0. The first-order valence-electron chi connectivity index (χ1n) is 9.02. The van der Waals surface area contributed by atoms with E-state index in [1.807, 2.05) is 37.4 Å². The summed E-state index contributed by atoms with van der Waals surface area (Å²) in [4.78, 5) is 11.1. The average molecular weight is 366 g/mol. The Kier molecular flexibility index (Phi) is 6.30. The number of nitrogens with zero attached hydrogens (tertiary/aromatic N) is 3. The van der Waals surface area contributed by atoms with Crippen molar-refractivity contribution < 1.29 is 9.47 Å². The molecule has 6 heteroatoms. The zero-order valence-corrected chi connectivity index (χ0v) is 16.1. The molecule has 1 aromatic heterocycles. The normalized spacial score (nSPS) is 14.6. The second kappa shape index (κ2) is 9.07. The summed E-state index contributed by atoms with van der Waals surface area (Å²) in [6, 6.07) is 14.0. The van der Waals surface area contributed by atoms with Crippen molar-refractivity contribution in [3.05, 3.63) is 59.8 Å². The summed E-state index contributed by atoms with van der Waals surface area (Å²) in [7, 11) is 5.13. The van der Waals surface area contributed by atoms with Gasteiger partial charge in [0.2, 0.25) is 5.88 Å². The first kappa shape index (κ1) is 18.8. The van der Waals surface area contributed by atoms with E-state index >= 15 is 0 Å². The summed E-state index contributed by atoms with van der Waals surface area (Å²) < 4.78 is 10.5. The summed E-state index contributed by atoms with van der Waals surface area (Å²) in [6.45, 7) is 2.33. The van der Waals surface area contributed by atoms with E-state index < -0.39 is 0 Å². The second-order valence-corrected chi connectivity index (χ2v) is 6.23. The standard InChI is InChI=1S/C21H26N4O2/c1-22-21(23-15-18-7-5-9-20(24-18)27-3)25-12-10-16(11-13-25)17-6-4-8-19(14-17)26-2/h4-10,14H,11-13,15H2,1-3H3,(H,22,23). The molecule has 0 spiro atoms. The van der Waals surface area contributed by atoms with E-state index in [2.05, 4.69) is 38.4 Å². The van der Waals surface area contributed by atoms with Crippen LogP contribution in [0, 0.1) is 0 Å². The topological polar surface area (TPSA) is 59.0 Å². The molecule has 0 saturated carbocycles. The van der Waals surface area contributed by atoms with Gasteiger partial charge < -0.3 is 19.7 Å². The van der Waals surface area contributed by atoms with Gasteiger partial charge in [0, 0.05) is 26.2 Å². The molecule has 1 N–H and O–H groups in total. The van der Waals surface area contributed by atoms with Crippen molar-refractivity contribution in [3.8, 4) is 11.6 Å². The van der Waals surface area contributed by atoms with E-state index in [1.54, 1.807) is 14.2 Å². The third kappa shape index (κ3) is 4.78. The van der Waals surface area contributed by atoms with E-state index in [0.717, 1.165) is 36.9 Å². The Morgan fingerprint density at radius 3 is 2.74 bits per heavy atom. The second-order valence-electron chi connectivity index (χ2n) is 6.23. The minimum absolute atomic E-state index is 0.604. The van der Waals surface area contributed by atoms with Crippen molar-refractivity contribution in [1.82, 2.24) is 15.2 Å². The van der Waals surface area contributed by atoms with Gasteiger partial charge in [0.1, 0.15) is 5.75 Å². The molecular formula is C21H26N4O2. The van der Waals surface area contributed by atoms with Gasteiger partial charge in [-0.3, -0.25) is 4.99 Å². The van der Waals surface area contributed by atoms with Crippen LogP contribution in [0.4, 0.5) is 0 Å². The molecular weight excluding hydrogens is 340 g/mol. The molecule has 27 heavy (non-hydrogen) atoms. The number of aromatic nitrogens is 1. The minimum atomic E-state index is 0.604. The van der Waals surface area contributed by atoms with Gasteiger partial charge in [0.15, 0.2) is 5.96 Å². The van der Waals surface area contributed by atoms with E-state index in [1.165, 1.54) is 11.1 Å². The molecule has 2 heterocycles. The zero-order chi connectivity index (χ0) is 19.1. The summed E-state index contributed by atoms with van der Waals surface area (Å²) in [5.41, 5.74) is 3.48. The number of rotatable bonds is 5. The highest BCUT2D eigenvalue weighted by atomic mass is 16.5. The molecule has 1 aliphatic rings. The van der Waals surface area contributed by atoms with Gasteiger partial charge in [-0.25, -0.2) is 4.98 Å². The van der Waals surface area contributed by atoms with Crippen LogP contribution in [-0.2, 0) is 6.54 Å². The summed E-state index contributed by atoms with van der Waals surface area (Å²) in [5.74, 6) is 2.38. The van der Waals surface area contributed by atoms with Gasteiger partial charge in [0.25, 0.3) is 0 Å². The number of nitrogens with one attached hydrogen (secondary N) is 1. The van der Waals surface area contributed by atoms with Crippen molar-refractivity contribution in [3.63, 3.8) is 0 Å². The molecule has 0 saturated heterocycles. The van der Waals surface area contributed by atoms with Crippen LogP contribution in [0.1, 0.15) is 17.7 Å². The first-order chi connectivity index (χ1) is 13.2. The van der Waals surface area contributed by atoms with Crippen LogP contribution in [0.25, 0.3) is 5.57 Å². The lowest BCUT2D eigenvalue weighted by molar-refractivity contribution is 0.395. The molecule has 1 aromatic carbocycles. The van der Waals surface area contributed by atoms with Crippen LogP contribution in [0.15, 0.2) is 53.5 Å². The minimum Gasteiger partial charge on any atom is -0.497 e. The molecule has 0 atom stereocenters. The Bertz CT molecular complexity index is 832. The fourth-order valence-corrected chi connectivity index (χ4v) is 3.12. The monoisotopic (exact) mass is 366 g/mol. The molecule has 0 unspecified atom stereocenters. The van der Waals surface area contributed by atoms with Gasteiger partial charge in [0.05, 0.1) is 26.5 Å². The first-order valence-corrected chi connectivity index (χ1v) is 9.02. The number of ether oxygens (including phenoxy) is 2. The number of guanidine groups is 1. The number of benzene rings is 1. The van der Waals surface area contributed by atoms with E-state index in [9.17, 15) is 0 Å². The average Bonchev–Trinajstić information content (AvgIpc) is 2.75. The Morgan fingerprint density at radius 2 is 2.04 bits per heavy atom. The van der Waals surface area contributed by atoms with Gasteiger partial charge in [-0.15, -0.1) is 0 Å². The van der Waals surface area contributed by atoms with Crippen molar-refractivity contribution in [2.75, 3.05) is 34.4 Å². The quantitative estimate of drug-likeness (QED) is 0.651. The maximum absolute atomic E-state index is 5.33. The van der Waals surface area contributed by atoms with Gasteiger partial charge in [-0.2, -0.15) is 0 Å². The Labute approximate surface area is 160 Å². The van der Waals surface area contributed by atoms with Crippen LogP contribution < -0.4 is 14.8 Å². The molecule has 2 aromatic rings.